The first-order chi connectivity index (χ1) is 7.12. The van der Waals surface area contributed by atoms with Crippen molar-refractivity contribution in [1.82, 2.24) is 5.32 Å². The molecule has 2 rings (SSSR count). The molecule has 1 aliphatic carbocycles. The van der Waals surface area contributed by atoms with Gasteiger partial charge in [-0.25, -0.2) is 0 Å². The van der Waals surface area contributed by atoms with Crippen LogP contribution in [-0.4, -0.2) is 34.4 Å². The summed E-state index contributed by atoms with van der Waals surface area (Å²) >= 11 is 0. The summed E-state index contributed by atoms with van der Waals surface area (Å²) in [6, 6.07) is 0.107. The average Bonchev–Trinajstić information content (AvgIpc) is 2.40. The lowest BCUT2D eigenvalue weighted by Crippen LogP contribution is -2.59. The lowest BCUT2D eigenvalue weighted by molar-refractivity contribution is -0.162. The van der Waals surface area contributed by atoms with Crippen LogP contribution in [0.4, 0.5) is 0 Å². The minimum absolute atomic E-state index is 0.107. The Bertz CT molecular complexity index is 240. The molecule has 0 aromatic heterocycles. The molecule has 1 aliphatic heterocycles. The monoisotopic (exact) mass is 213 g/mol. The summed E-state index contributed by atoms with van der Waals surface area (Å²) in [5.41, 5.74) is -0.757. The van der Waals surface area contributed by atoms with Crippen molar-refractivity contribution < 1.29 is 15.0 Å². The first kappa shape index (κ1) is 10.9. The van der Waals surface area contributed by atoms with Gasteiger partial charge in [-0.3, -0.25) is 4.79 Å². The molecule has 1 unspecified atom stereocenters. The van der Waals surface area contributed by atoms with Crippen LogP contribution in [0.1, 0.15) is 38.5 Å². The largest absolute Gasteiger partial charge is 0.481 e. The van der Waals surface area contributed by atoms with Gasteiger partial charge < -0.3 is 15.5 Å². The molecule has 0 amide bonds. The maximum Gasteiger partial charge on any atom is 0.306 e. The van der Waals surface area contributed by atoms with Gasteiger partial charge in [0.1, 0.15) is 0 Å². The standard InChI is InChI=1S/C11H19NO3/c13-10(14)8-6-11(15,7-8)9-4-2-1-3-5-12-9/h8-9,12,15H,1-7H2,(H,13,14). The number of aliphatic carboxylic acids is 1. The van der Waals surface area contributed by atoms with Crippen LogP contribution in [0.3, 0.4) is 0 Å². The quantitative estimate of drug-likeness (QED) is 0.633. The van der Waals surface area contributed by atoms with E-state index in [0.29, 0.717) is 12.8 Å². The van der Waals surface area contributed by atoms with Crippen LogP contribution in [0.15, 0.2) is 0 Å². The minimum Gasteiger partial charge on any atom is -0.481 e. The highest BCUT2D eigenvalue weighted by Gasteiger charge is 2.50. The second-order valence-electron chi connectivity index (χ2n) is 4.90. The minimum atomic E-state index is -0.770. The van der Waals surface area contributed by atoms with E-state index >= 15 is 0 Å². The predicted octanol–water partition coefficient (Wildman–Crippen LogP) is 0.744. The fourth-order valence-electron chi connectivity index (χ4n) is 2.74. The van der Waals surface area contributed by atoms with Gasteiger partial charge in [-0.1, -0.05) is 12.8 Å². The molecule has 0 radical (unpaired) electrons. The summed E-state index contributed by atoms with van der Waals surface area (Å²) < 4.78 is 0. The molecule has 15 heavy (non-hydrogen) atoms. The van der Waals surface area contributed by atoms with Crippen molar-refractivity contribution in [3.63, 3.8) is 0 Å². The molecule has 1 heterocycles. The van der Waals surface area contributed by atoms with E-state index in [-0.39, 0.29) is 12.0 Å². The molecular formula is C11H19NO3. The summed E-state index contributed by atoms with van der Waals surface area (Å²) in [7, 11) is 0. The summed E-state index contributed by atoms with van der Waals surface area (Å²) in [4.78, 5) is 10.7. The van der Waals surface area contributed by atoms with E-state index < -0.39 is 11.6 Å². The molecular weight excluding hydrogens is 194 g/mol. The fourth-order valence-corrected chi connectivity index (χ4v) is 2.74. The third kappa shape index (κ3) is 2.16. The number of rotatable bonds is 2. The van der Waals surface area contributed by atoms with Gasteiger partial charge in [-0.05, 0) is 32.2 Å². The Morgan fingerprint density at radius 3 is 2.67 bits per heavy atom. The van der Waals surface area contributed by atoms with Gasteiger partial charge in [0.2, 0.25) is 0 Å². The second kappa shape index (κ2) is 4.10. The van der Waals surface area contributed by atoms with Gasteiger partial charge in [-0.2, -0.15) is 0 Å². The van der Waals surface area contributed by atoms with Crippen LogP contribution in [-0.2, 0) is 4.79 Å². The van der Waals surface area contributed by atoms with Crippen LogP contribution in [0.5, 0.6) is 0 Å². The van der Waals surface area contributed by atoms with Gasteiger partial charge in [0, 0.05) is 6.04 Å². The Balaban J connectivity index is 1.90. The van der Waals surface area contributed by atoms with Gasteiger partial charge in [0.25, 0.3) is 0 Å². The molecule has 1 saturated carbocycles. The van der Waals surface area contributed by atoms with Crippen molar-refractivity contribution in [1.29, 1.82) is 0 Å². The molecule has 1 saturated heterocycles. The molecule has 4 nitrogen and oxygen atoms in total. The molecule has 3 N–H and O–H groups in total. The topological polar surface area (TPSA) is 69.6 Å². The molecule has 2 aliphatic rings. The van der Waals surface area contributed by atoms with Crippen molar-refractivity contribution >= 4 is 5.97 Å². The zero-order valence-electron chi connectivity index (χ0n) is 8.91. The fraction of sp³-hybridized carbons (Fsp3) is 0.909. The van der Waals surface area contributed by atoms with E-state index in [1.165, 1.54) is 6.42 Å². The maximum absolute atomic E-state index is 10.7. The molecule has 0 aromatic carbocycles. The number of nitrogens with one attached hydrogen (secondary N) is 1. The van der Waals surface area contributed by atoms with Gasteiger partial charge in [-0.15, -0.1) is 0 Å². The van der Waals surface area contributed by atoms with E-state index in [1.807, 2.05) is 0 Å². The Kier molecular flexibility index (Phi) is 2.98. The van der Waals surface area contributed by atoms with Crippen LogP contribution >= 0.6 is 0 Å². The second-order valence-corrected chi connectivity index (χ2v) is 4.90. The normalized spacial score (nSPS) is 41.7. The van der Waals surface area contributed by atoms with Gasteiger partial charge in [0.05, 0.1) is 11.5 Å². The Labute approximate surface area is 89.7 Å². The highest BCUT2D eigenvalue weighted by molar-refractivity contribution is 5.71. The molecule has 1 atom stereocenters. The SMILES string of the molecule is O=C(O)C1CC(O)(C2CCCCCN2)C1. The van der Waals surface area contributed by atoms with Crippen LogP contribution in [0.25, 0.3) is 0 Å². The third-order valence-corrected chi connectivity index (χ3v) is 3.76. The summed E-state index contributed by atoms with van der Waals surface area (Å²) in [6.07, 6.45) is 5.32. The van der Waals surface area contributed by atoms with E-state index in [2.05, 4.69) is 5.32 Å². The van der Waals surface area contributed by atoms with Crippen molar-refractivity contribution in [2.75, 3.05) is 6.54 Å². The highest BCUT2D eigenvalue weighted by atomic mass is 16.4. The van der Waals surface area contributed by atoms with Crippen molar-refractivity contribution in [3.05, 3.63) is 0 Å². The summed E-state index contributed by atoms with van der Waals surface area (Å²) in [6.45, 7) is 0.949. The number of carboxylic acids is 1. The van der Waals surface area contributed by atoms with Crippen molar-refractivity contribution in [2.45, 2.75) is 50.2 Å². The van der Waals surface area contributed by atoms with Gasteiger partial charge >= 0.3 is 5.97 Å². The van der Waals surface area contributed by atoms with E-state index in [0.717, 1.165) is 25.8 Å². The first-order valence-electron chi connectivity index (χ1n) is 5.80. The molecule has 0 bridgehead atoms. The van der Waals surface area contributed by atoms with E-state index in [4.69, 9.17) is 5.11 Å². The molecule has 0 spiro atoms. The zero-order valence-corrected chi connectivity index (χ0v) is 8.91. The molecule has 4 heteroatoms. The predicted molar refractivity (Wildman–Crippen MR) is 55.6 cm³/mol. The van der Waals surface area contributed by atoms with Crippen molar-refractivity contribution in [2.24, 2.45) is 5.92 Å². The number of hydrogen-bond donors (Lipinski definition) is 3. The van der Waals surface area contributed by atoms with E-state index in [1.54, 1.807) is 0 Å². The Morgan fingerprint density at radius 2 is 2.00 bits per heavy atom. The number of carboxylic acid groups (broad SMARTS) is 1. The number of hydrogen-bond acceptors (Lipinski definition) is 3. The third-order valence-electron chi connectivity index (χ3n) is 3.76. The Hall–Kier alpha value is -0.610. The van der Waals surface area contributed by atoms with E-state index in [9.17, 15) is 9.90 Å². The summed E-state index contributed by atoms with van der Waals surface area (Å²) in [5.74, 6) is -1.10. The van der Waals surface area contributed by atoms with Crippen molar-refractivity contribution in [3.8, 4) is 0 Å². The zero-order chi connectivity index (χ0) is 10.9. The molecule has 0 aromatic rings. The van der Waals surface area contributed by atoms with Crippen LogP contribution in [0.2, 0.25) is 0 Å². The highest BCUT2D eigenvalue weighted by Crippen LogP contribution is 2.42. The Morgan fingerprint density at radius 1 is 1.27 bits per heavy atom. The number of aliphatic hydroxyl groups is 1. The number of carbonyl (C=O) groups is 1. The lowest BCUT2D eigenvalue weighted by Gasteiger charge is -2.47. The molecule has 2 fully saturated rings. The van der Waals surface area contributed by atoms with Crippen LogP contribution < -0.4 is 5.32 Å². The average molecular weight is 213 g/mol. The summed E-state index contributed by atoms with van der Waals surface area (Å²) in [5, 5.41) is 22.4. The smallest absolute Gasteiger partial charge is 0.306 e. The van der Waals surface area contributed by atoms with Gasteiger partial charge in [0.15, 0.2) is 0 Å². The van der Waals surface area contributed by atoms with Crippen LogP contribution in [0, 0.1) is 5.92 Å². The molecule has 86 valence electrons. The maximum atomic E-state index is 10.7. The lowest BCUT2D eigenvalue weighted by atomic mass is 9.66. The first-order valence-corrected chi connectivity index (χ1v) is 5.80.